The maximum absolute atomic E-state index is 2.32. The smallest absolute Gasteiger partial charge is 0.0462 e. The number of rotatable bonds is 7. The molecule has 0 saturated heterocycles. The predicted octanol–water partition coefficient (Wildman–Crippen LogP) is 14.2. The molecule has 1 nitrogen and oxygen atoms in total. The van der Waals surface area contributed by atoms with Crippen molar-refractivity contribution in [2.24, 2.45) is 0 Å². The van der Waals surface area contributed by atoms with Gasteiger partial charge in [0.05, 0.1) is 0 Å². The maximum atomic E-state index is 2.32. The third kappa shape index (κ3) is 5.56. The minimum atomic E-state index is 1.12. The van der Waals surface area contributed by atoms with Crippen molar-refractivity contribution in [2.75, 3.05) is 4.90 Å². The van der Waals surface area contributed by atoms with Gasteiger partial charge in [0.25, 0.3) is 0 Å². The first-order valence-corrected chi connectivity index (χ1v) is 17.8. The van der Waals surface area contributed by atoms with E-state index in [-0.39, 0.29) is 0 Å². The zero-order valence-corrected chi connectivity index (χ0v) is 28.2. The van der Waals surface area contributed by atoms with Crippen molar-refractivity contribution in [2.45, 2.75) is 0 Å². The number of hydrogen-bond donors (Lipinski definition) is 0. The van der Waals surface area contributed by atoms with Gasteiger partial charge < -0.3 is 4.90 Å². The molecule has 2 heteroatoms. The van der Waals surface area contributed by atoms with Crippen LogP contribution in [-0.4, -0.2) is 0 Å². The van der Waals surface area contributed by atoms with Crippen LogP contribution < -0.4 is 4.90 Å². The molecule has 236 valence electrons. The number of nitrogens with zero attached hydrogens (tertiary/aromatic N) is 1. The van der Waals surface area contributed by atoms with Crippen molar-refractivity contribution in [3.8, 4) is 44.5 Å². The molecule has 0 fully saturated rings. The summed E-state index contributed by atoms with van der Waals surface area (Å²) in [6.45, 7) is 0. The fourth-order valence-electron chi connectivity index (χ4n) is 7.00. The fraction of sp³-hybridized carbons (Fsp3) is 0. The van der Waals surface area contributed by atoms with Gasteiger partial charge in [0.2, 0.25) is 0 Å². The van der Waals surface area contributed by atoms with Gasteiger partial charge in [-0.3, -0.25) is 0 Å². The second kappa shape index (κ2) is 13.0. The largest absolute Gasteiger partial charge is 0.311 e. The molecule has 0 radical (unpaired) electrons. The van der Waals surface area contributed by atoms with Crippen molar-refractivity contribution < 1.29 is 0 Å². The van der Waals surface area contributed by atoms with E-state index in [1.165, 1.54) is 64.7 Å². The van der Waals surface area contributed by atoms with Gasteiger partial charge in [-0.05, 0) is 80.9 Å². The van der Waals surface area contributed by atoms with E-state index in [0.717, 1.165) is 17.1 Å². The number of thiophene rings is 1. The average Bonchev–Trinajstić information content (AvgIpc) is 3.59. The molecule has 8 aromatic carbocycles. The Balaban J connectivity index is 1.03. The summed E-state index contributed by atoms with van der Waals surface area (Å²) in [6, 6.07) is 72.0. The third-order valence-electron chi connectivity index (χ3n) is 9.51. The van der Waals surface area contributed by atoms with Crippen LogP contribution in [-0.2, 0) is 0 Å². The maximum Gasteiger partial charge on any atom is 0.0462 e. The zero-order chi connectivity index (χ0) is 33.3. The van der Waals surface area contributed by atoms with Gasteiger partial charge in [-0.25, -0.2) is 0 Å². The van der Waals surface area contributed by atoms with Gasteiger partial charge in [-0.2, -0.15) is 0 Å². The van der Waals surface area contributed by atoms with Gasteiger partial charge in [0.15, 0.2) is 0 Å². The van der Waals surface area contributed by atoms with E-state index in [4.69, 9.17) is 0 Å². The second-order valence-corrected chi connectivity index (χ2v) is 13.6. The van der Waals surface area contributed by atoms with Crippen LogP contribution in [0.25, 0.3) is 64.7 Å². The van der Waals surface area contributed by atoms with Crippen molar-refractivity contribution in [3.05, 3.63) is 200 Å². The van der Waals surface area contributed by atoms with Gasteiger partial charge in [0.1, 0.15) is 0 Å². The Labute approximate surface area is 297 Å². The molecule has 0 aliphatic carbocycles. The third-order valence-corrected chi connectivity index (χ3v) is 10.8. The number of para-hydroxylation sites is 1. The Hall–Kier alpha value is -6.22. The summed E-state index contributed by atoms with van der Waals surface area (Å²) in [5.41, 5.74) is 13.3. The molecule has 0 saturated carbocycles. The summed E-state index contributed by atoms with van der Waals surface area (Å²) in [7, 11) is 0. The second-order valence-electron chi connectivity index (χ2n) is 12.5. The number of fused-ring (bicyclic) bond motifs is 3. The van der Waals surface area contributed by atoms with Crippen LogP contribution in [0, 0.1) is 0 Å². The standard InChI is InChI=1S/C48H33NS/c1-4-12-34(13-5-1)36-26-30-41(31-27-36)49(40-16-8-3-9-17-40)42-32-28-37(29-33-42)35-22-24-39(25-23-35)44-19-11-21-46-45-20-10-18-43(47(45)50-48(44)46)38-14-6-2-7-15-38/h1-33H. The van der Waals surface area contributed by atoms with E-state index < -0.39 is 0 Å². The lowest BCUT2D eigenvalue weighted by Crippen LogP contribution is -2.09. The SMILES string of the molecule is c1ccc(-c2ccc(N(c3ccccc3)c3ccc(-c4ccc(-c5cccc6c5sc5c(-c7ccccc7)cccc56)cc4)cc3)cc2)cc1. The van der Waals surface area contributed by atoms with Crippen LogP contribution in [0.15, 0.2) is 200 Å². The van der Waals surface area contributed by atoms with Crippen molar-refractivity contribution in [1.82, 2.24) is 0 Å². The predicted molar refractivity (Wildman–Crippen MR) is 216 cm³/mol. The Bertz CT molecular complexity index is 2530. The fourth-order valence-corrected chi connectivity index (χ4v) is 8.37. The molecule has 9 aromatic rings. The Morgan fingerprint density at radius 1 is 0.260 bits per heavy atom. The van der Waals surface area contributed by atoms with Gasteiger partial charge >= 0.3 is 0 Å². The minimum Gasteiger partial charge on any atom is -0.311 e. The summed E-state index contributed by atoms with van der Waals surface area (Å²) in [5.74, 6) is 0. The van der Waals surface area contributed by atoms with Gasteiger partial charge in [-0.1, -0.05) is 164 Å². The molecule has 9 rings (SSSR count). The summed E-state index contributed by atoms with van der Waals surface area (Å²) in [4.78, 5) is 2.32. The first-order valence-electron chi connectivity index (χ1n) is 17.0. The average molecular weight is 656 g/mol. The lowest BCUT2D eigenvalue weighted by molar-refractivity contribution is 1.28. The first kappa shape index (κ1) is 29.9. The monoisotopic (exact) mass is 655 g/mol. The Morgan fingerprint density at radius 3 is 1.08 bits per heavy atom. The van der Waals surface area contributed by atoms with Crippen LogP contribution in [0.2, 0.25) is 0 Å². The molecular formula is C48H33NS. The molecule has 0 bridgehead atoms. The highest BCUT2D eigenvalue weighted by Gasteiger charge is 2.15. The summed E-state index contributed by atoms with van der Waals surface area (Å²) >= 11 is 1.90. The normalized spacial score (nSPS) is 11.2. The highest BCUT2D eigenvalue weighted by molar-refractivity contribution is 7.26. The molecule has 0 spiro atoms. The van der Waals surface area contributed by atoms with Gasteiger partial charge in [0, 0.05) is 37.2 Å². The number of benzene rings is 8. The lowest BCUT2D eigenvalue weighted by atomic mass is 9.98. The summed E-state index contributed by atoms with van der Waals surface area (Å²) < 4.78 is 2.68. The van der Waals surface area contributed by atoms with E-state index in [1.54, 1.807) is 0 Å². The molecule has 0 aliphatic rings. The van der Waals surface area contributed by atoms with E-state index in [9.17, 15) is 0 Å². The van der Waals surface area contributed by atoms with Crippen LogP contribution in [0.5, 0.6) is 0 Å². The van der Waals surface area contributed by atoms with Crippen molar-refractivity contribution >= 4 is 48.6 Å². The molecule has 0 N–H and O–H groups in total. The van der Waals surface area contributed by atoms with E-state index >= 15 is 0 Å². The highest BCUT2D eigenvalue weighted by atomic mass is 32.1. The molecule has 0 amide bonds. The van der Waals surface area contributed by atoms with Crippen LogP contribution in [0.1, 0.15) is 0 Å². The number of anilines is 3. The van der Waals surface area contributed by atoms with Gasteiger partial charge in [-0.15, -0.1) is 11.3 Å². The van der Waals surface area contributed by atoms with E-state index in [2.05, 4.69) is 205 Å². The van der Waals surface area contributed by atoms with Crippen molar-refractivity contribution in [3.63, 3.8) is 0 Å². The van der Waals surface area contributed by atoms with E-state index in [0.29, 0.717) is 0 Å². The lowest BCUT2D eigenvalue weighted by Gasteiger charge is -2.26. The topological polar surface area (TPSA) is 3.24 Å². The molecule has 1 heterocycles. The molecule has 0 unspecified atom stereocenters. The van der Waals surface area contributed by atoms with Crippen LogP contribution >= 0.6 is 11.3 Å². The number of hydrogen-bond acceptors (Lipinski definition) is 2. The highest BCUT2D eigenvalue weighted by Crippen LogP contribution is 2.44. The molecular weight excluding hydrogens is 623 g/mol. The quantitative estimate of drug-likeness (QED) is 0.165. The van der Waals surface area contributed by atoms with Crippen molar-refractivity contribution in [1.29, 1.82) is 0 Å². The molecule has 1 aromatic heterocycles. The van der Waals surface area contributed by atoms with E-state index in [1.807, 2.05) is 11.3 Å². The Morgan fingerprint density at radius 2 is 0.600 bits per heavy atom. The first-order chi connectivity index (χ1) is 24.8. The molecule has 0 aliphatic heterocycles. The van der Waals surface area contributed by atoms with Crippen LogP contribution in [0.3, 0.4) is 0 Å². The molecule has 50 heavy (non-hydrogen) atoms. The summed E-state index contributed by atoms with van der Waals surface area (Å²) in [6.07, 6.45) is 0. The molecule has 0 atom stereocenters. The zero-order valence-electron chi connectivity index (χ0n) is 27.4. The Kier molecular flexibility index (Phi) is 7.77. The summed E-state index contributed by atoms with van der Waals surface area (Å²) in [5, 5.41) is 2.64. The minimum absolute atomic E-state index is 1.12. The van der Waals surface area contributed by atoms with Crippen LogP contribution in [0.4, 0.5) is 17.1 Å².